The molecule has 0 fully saturated rings. The molecule has 2 aromatic carbocycles. The van der Waals surface area contributed by atoms with Gasteiger partial charge in [-0.3, -0.25) is 0 Å². The van der Waals surface area contributed by atoms with Crippen LogP contribution in [0.4, 0.5) is 5.95 Å². The first-order valence-corrected chi connectivity index (χ1v) is 8.41. The van der Waals surface area contributed by atoms with Crippen molar-refractivity contribution in [1.82, 2.24) is 14.5 Å². The lowest BCUT2D eigenvalue weighted by Crippen LogP contribution is -1.97. The summed E-state index contributed by atoms with van der Waals surface area (Å²) in [5, 5.41) is 1.15. The average molecular weight is 379 g/mol. The van der Waals surface area contributed by atoms with Crippen molar-refractivity contribution in [2.24, 2.45) is 0 Å². The molecule has 0 amide bonds. The van der Waals surface area contributed by atoms with Gasteiger partial charge in [-0.2, -0.15) is 0 Å². The number of rotatable bonds is 3. The second-order valence-electron chi connectivity index (χ2n) is 5.62. The monoisotopic (exact) mass is 378 g/mol. The fourth-order valence-electron chi connectivity index (χ4n) is 2.90. The molecule has 0 atom stereocenters. The Labute approximate surface area is 148 Å². The molecule has 0 radical (unpaired) electrons. The van der Waals surface area contributed by atoms with E-state index < -0.39 is 0 Å². The number of anilines is 1. The molecule has 0 unspecified atom stereocenters. The average Bonchev–Trinajstić information content (AvgIpc) is 2.94. The minimum absolute atomic E-state index is 0.286. The van der Waals surface area contributed by atoms with Crippen LogP contribution in [0, 0.1) is 0 Å². The quantitative estimate of drug-likeness (QED) is 0.571. The third kappa shape index (κ3) is 2.78. The SMILES string of the molecule is Nc1nccc(-c2cn(Cc3ccccc3)c3cc(Br)ccc23)n1. The van der Waals surface area contributed by atoms with Crippen molar-refractivity contribution < 1.29 is 0 Å². The largest absolute Gasteiger partial charge is 0.368 e. The molecule has 2 N–H and O–H groups in total. The highest BCUT2D eigenvalue weighted by Crippen LogP contribution is 2.32. The second kappa shape index (κ2) is 6.09. The van der Waals surface area contributed by atoms with Gasteiger partial charge in [-0.1, -0.05) is 52.3 Å². The van der Waals surface area contributed by atoms with Crippen LogP contribution in [0.1, 0.15) is 5.56 Å². The molecule has 2 aromatic heterocycles. The van der Waals surface area contributed by atoms with Crippen LogP contribution in [0.3, 0.4) is 0 Å². The van der Waals surface area contributed by atoms with Crippen molar-refractivity contribution in [2.75, 3.05) is 5.73 Å². The predicted octanol–water partition coefficient (Wildman–Crippen LogP) is 4.49. The van der Waals surface area contributed by atoms with Gasteiger partial charge in [-0.05, 0) is 23.8 Å². The molecule has 0 bridgehead atoms. The molecule has 0 saturated carbocycles. The van der Waals surface area contributed by atoms with Gasteiger partial charge in [-0.25, -0.2) is 9.97 Å². The molecular formula is C19H15BrN4. The number of fused-ring (bicyclic) bond motifs is 1. The van der Waals surface area contributed by atoms with E-state index in [1.807, 2.05) is 18.2 Å². The maximum Gasteiger partial charge on any atom is 0.220 e. The Morgan fingerprint density at radius 2 is 1.88 bits per heavy atom. The molecule has 118 valence electrons. The van der Waals surface area contributed by atoms with E-state index in [1.165, 1.54) is 5.56 Å². The first-order chi connectivity index (χ1) is 11.7. The summed E-state index contributed by atoms with van der Waals surface area (Å²) >= 11 is 3.57. The van der Waals surface area contributed by atoms with Crippen LogP contribution >= 0.6 is 15.9 Å². The molecular weight excluding hydrogens is 364 g/mol. The Morgan fingerprint density at radius 3 is 2.67 bits per heavy atom. The molecule has 5 heteroatoms. The Hall–Kier alpha value is -2.66. The summed E-state index contributed by atoms with van der Waals surface area (Å²) in [7, 11) is 0. The van der Waals surface area contributed by atoms with E-state index in [0.29, 0.717) is 0 Å². The van der Waals surface area contributed by atoms with E-state index in [4.69, 9.17) is 5.73 Å². The van der Waals surface area contributed by atoms with E-state index in [-0.39, 0.29) is 5.95 Å². The third-order valence-electron chi connectivity index (χ3n) is 3.99. The summed E-state index contributed by atoms with van der Waals surface area (Å²) < 4.78 is 3.29. The Balaban J connectivity index is 1.89. The first kappa shape index (κ1) is 14.9. The highest BCUT2D eigenvalue weighted by atomic mass is 79.9. The van der Waals surface area contributed by atoms with Crippen molar-refractivity contribution >= 4 is 32.8 Å². The number of benzene rings is 2. The summed E-state index contributed by atoms with van der Waals surface area (Å²) in [5.74, 6) is 0.286. The standard InChI is InChI=1S/C19H15BrN4/c20-14-6-7-15-16(17-8-9-22-19(21)23-17)12-24(18(15)10-14)11-13-4-2-1-3-5-13/h1-10,12H,11H2,(H2,21,22,23). The van der Waals surface area contributed by atoms with Gasteiger partial charge >= 0.3 is 0 Å². The van der Waals surface area contributed by atoms with Crippen LogP contribution in [0.25, 0.3) is 22.2 Å². The van der Waals surface area contributed by atoms with Crippen LogP contribution < -0.4 is 5.73 Å². The molecule has 0 spiro atoms. The summed E-state index contributed by atoms with van der Waals surface area (Å²) in [5.41, 5.74) is 10.1. The summed E-state index contributed by atoms with van der Waals surface area (Å²) in [6.45, 7) is 0.800. The molecule has 0 aliphatic carbocycles. The lowest BCUT2D eigenvalue weighted by molar-refractivity contribution is 0.837. The topological polar surface area (TPSA) is 56.7 Å². The summed E-state index contributed by atoms with van der Waals surface area (Å²) in [6, 6.07) is 18.6. The highest BCUT2D eigenvalue weighted by molar-refractivity contribution is 9.10. The first-order valence-electron chi connectivity index (χ1n) is 7.62. The third-order valence-corrected chi connectivity index (χ3v) is 4.48. The van der Waals surface area contributed by atoms with E-state index in [0.717, 1.165) is 33.2 Å². The van der Waals surface area contributed by atoms with Crippen molar-refractivity contribution in [3.8, 4) is 11.3 Å². The molecule has 24 heavy (non-hydrogen) atoms. The van der Waals surface area contributed by atoms with Gasteiger partial charge in [0.2, 0.25) is 5.95 Å². The van der Waals surface area contributed by atoms with E-state index in [1.54, 1.807) is 6.20 Å². The molecule has 4 rings (SSSR count). The van der Waals surface area contributed by atoms with Gasteiger partial charge < -0.3 is 10.3 Å². The molecule has 0 aliphatic rings. The fraction of sp³-hybridized carbons (Fsp3) is 0.0526. The number of hydrogen-bond acceptors (Lipinski definition) is 3. The van der Waals surface area contributed by atoms with Crippen LogP contribution in [0.5, 0.6) is 0 Å². The summed E-state index contributed by atoms with van der Waals surface area (Å²) in [6.07, 6.45) is 3.82. The zero-order valence-electron chi connectivity index (χ0n) is 12.9. The van der Waals surface area contributed by atoms with Crippen molar-refractivity contribution in [3.63, 3.8) is 0 Å². The van der Waals surface area contributed by atoms with Gasteiger partial charge in [0.25, 0.3) is 0 Å². The maximum atomic E-state index is 5.76. The van der Waals surface area contributed by atoms with E-state index in [2.05, 4.69) is 73.1 Å². The van der Waals surface area contributed by atoms with Crippen LogP contribution in [-0.2, 0) is 6.54 Å². The molecule has 4 nitrogen and oxygen atoms in total. The number of nitrogens with zero attached hydrogens (tertiary/aromatic N) is 3. The molecule has 0 aliphatic heterocycles. The smallest absolute Gasteiger partial charge is 0.220 e. The normalized spacial score (nSPS) is 11.0. The summed E-state index contributed by atoms with van der Waals surface area (Å²) in [4.78, 5) is 8.36. The van der Waals surface area contributed by atoms with Gasteiger partial charge in [0.15, 0.2) is 0 Å². The lowest BCUT2D eigenvalue weighted by atomic mass is 10.1. The number of hydrogen-bond donors (Lipinski definition) is 1. The molecule has 0 saturated heterocycles. The van der Waals surface area contributed by atoms with E-state index in [9.17, 15) is 0 Å². The number of nitrogens with two attached hydrogens (primary N) is 1. The Morgan fingerprint density at radius 1 is 1.04 bits per heavy atom. The highest BCUT2D eigenvalue weighted by Gasteiger charge is 2.12. The van der Waals surface area contributed by atoms with Gasteiger partial charge in [0.05, 0.1) is 11.2 Å². The van der Waals surface area contributed by atoms with Gasteiger partial charge in [0.1, 0.15) is 0 Å². The molecule has 4 aromatic rings. The second-order valence-corrected chi connectivity index (χ2v) is 6.53. The number of halogens is 1. The fourth-order valence-corrected chi connectivity index (χ4v) is 3.25. The maximum absolute atomic E-state index is 5.76. The zero-order valence-corrected chi connectivity index (χ0v) is 14.4. The number of nitrogen functional groups attached to an aromatic ring is 1. The van der Waals surface area contributed by atoms with Gasteiger partial charge in [0, 0.05) is 34.4 Å². The van der Waals surface area contributed by atoms with Gasteiger partial charge in [-0.15, -0.1) is 0 Å². The van der Waals surface area contributed by atoms with Crippen molar-refractivity contribution in [1.29, 1.82) is 0 Å². The zero-order chi connectivity index (χ0) is 16.5. The van der Waals surface area contributed by atoms with Crippen molar-refractivity contribution in [3.05, 3.63) is 77.0 Å². The minimum Gasteiger partial charge on any atom is -0.368 e. The predicted molar refractivity (Wildman–Crippen MR) is 101 cm³/mol. The Bertz CT molecular complexity index is 1010. The minimum atomic E-state index is 0.286. The van der Waals surface area contributed by atoms with E-state index >= 15 is 0 Å². The van der Waals surface area contributed by atoms with Crippen LogP contribution in [0.15, 0.2) is 71.5 Å². The van der Waals surface area contributed by atoms with Crippen LogP contribution in [-0.4, -0.2) is 14.5 Å². The molecule has 2 heterocycles. The lowest BCUT2D eigenvalue weighted by Gasteiger charge is -2.05. The van der Waals surface area contributed by atoms with Crippen LogP contribution in [0.2, 0.25) is 0 Å². The number of aromatic nitrogens is 3. The Kier molecular flexibility index (Phi) is 3.78. The van der Waals surface area contributed by atoms with Crippen molar-refractivity contribution in [2.45, 2.75) is 6.54 Å².